The summed E-state index contributed by atoms with van der Waals surface area (Å²) in [7, 11) is 1.57. The fraction of sp³-hybridized carbons (Fsp3) is 0.350. The minimum atomic E-state index is -1.08. The highest BCUT2D eigenvalue weighted by Gasteiger charge is 2.28. The topological polar surface area (TPSA) is 68.2 Å². The number of nitrogens with zero attached hydrogens (tertiary/aromatic N) is 1. The van der Waals surface area contributed by atoms with Crippen molar-refractivity contribution in [3.63, 3.8) is 0 Å². The van der Waals surface area contributed by atoms with E-state index in [1.54, 1.807) is 14.0 Å². The van der Waals surface area contributed by atoms with Crippen LogP contribution >= 0.6 is 0 Å². The summed E-state index contributed by atoms with van der Waals surface area (Å²) in [6.07, 6.45) is 1.52. The molecule has 0 bridgehead atoms. The molecule has 0 aliphatic rings. The van der Waals surface area contributed by atoms with Crippen LogP contribution in [-0.4, -0.2) is 22.0 Å². The smallest absolute Gasteiger partial charge is 0.272 e. The van der Waals surface area contributed by atoms with Gasteiger partial charge >= 0.3 is 0 Å². The number of Topliss-reactive ketones (excluding diaryl/α,β-unsaturated/α-hetero) is 2. The van der Waals surface area contributed by atoms with Gasteiger partial charge in [0.15, 0.2) is 11.6 Å². The second-order valence-corrected chi connectivity index (χ2v) is 7.70. The standard InChI is InChI=1S/C20H22F2N2O3/c1-11-13(18(26)16(25)9-20(2,3)4)10-24(5)17(11)19(27)23-12-6-7-14(21)15(22)8-12/h6-8,10H,9H2,1-5H3,(H,23,27). The minimum Gasteiger partial charge on any atom is -0.346 e. The van der Waals surface area contributed by atoms with Crippen LogP contribution in [-0.2, 0) is 11.8 Å². The average molecular weight is 376 g/mol. The molecule has 1 aromatic carbocycles. The Morgan fingerprint density at radius 2 is 1.74 bits per heavy atom. The van der Waals surface area contributed by atoms with Gasteiger partial charge in [-0.3, -0.25) is 14.4 Å². The van der Waals surface area contributed by atoms with Crippen molar-refractivity contribution in [3.8, 4) is 0 Å². The van der Waals surface area contributed by atoms with E-state index >= 15 is 0 Å². The summed E-state index contributed by atoms with van der Waals surface area (Å²) >= 11 is 0. The number of hydrogen-bond acceptors (Lipinski definition) is 3. The van der Waals surface area contributed by atoms with Gasteiger partial charge < -0.3 is 9.88 Å². The van der Waals surface area contributed by atoms with E-state index in [0.29, 0.717) is 5.56 Å². The van der Waals surface area contributed by atoms with E-state index in [0.717, 1.165) is 12.1 Å². The number of anilines is 1. The lowest BCUT2D eigenvalue weighted by atomic mass is 9.87. The first kappa shape index (κ1) is 20.5. The largest absolute Gasteiger partial charge is 0.346 e. The first-order valence-corrected chi connectivity index (χ1v) is 8.40. The molecule has 0 unspecified atom stereocenters. The molecule has 27 heavy (non-hydrogen) atoms. The van der Waals surface area contributed by atoms with E-state index in [9.17, 15) is 23.2 Å². The molecule has 2 rings (SSSR count). The summed E-state index contributed by atoms with van der Waals surface area (Å²) in [6.45, 7) is 7.14. The van der Waals surface area contributed by atoms with Crippen LogP contribution in [0.5, 0.6) is 0 Å². The fourth-order valence-corrected chi connectivity index (χ4v) is 2.78. The Labute approximate surface area is 156 Å². The molecule has 144 valence electrons. The van der Waals surface area contributed by atoms with Gasteiger partial charge in [0.05, 0.1) is 0 Å². The van der Waals surface area contributed by atoms with Crippen LogP contribution < -0.4 is 5.32 Å². The molecular weight excluding hydrogens is 354 g/mol. The third-order valence-electron chi connectivity index (χ3n) is 4.02. The SMILES string of the molecule is Cc1c(C(=O)C(=O)CC(C)(C)C)cn(C)c1C(=O)Nc1ccc(F)c(F)c1. The Morgan fingerprint density at radius 3 is 2.30 bits per heavy atom. The predicted molar refractivity (Wildman–Crippen MR) is 97.9 cm³/mol. The van der Waals surface area contributed by atoms with E-state index < -0.39 is 29.1 Å². The normalized spacial score (nSPS) is 11.4. The van der Waals surface area contributed by atoms with Crippen LogP contribution in [0.2, 0.25) is 0 Å². The summed E-state index contributed by atoms with van der Waals surface area (Å²) in [4.78, 5) is 37.3. The molecule has 2 aromatic rings. The summed E-state index contributed by atoms with van der Waals surface area (Å²) in [5.74, 6) is -3.87. The Balaban J connectivity index is 2.28. The lowest BCUT2D eigenvalue weighted by Crippen LogP contribution is -2.21. The first-order chi connectivity index (χ1) is 12.4. The van der Waals surface area contributed by atoms with Crippen molar-refractivity contribution in [3.05, 3.63) is 52.9 Å². The van der Waals surface area contributed by atoms with E-state index in [1.807, 2.05) is 20.8 Å². The van der Waals surface area contributed by atoms with Crippen LogP contribution in [0, 0.1) is 24.0 Å². The molecule has 0 aliphatic carbocycles. The molecule has 1 aromatic heterocycles. The maximum Gasteiger partial charge on any atom is 0.272 e. The van der Waals surface area contributed by atoms with Crippen molar-refractivity contribution >= 4 is 23.2 Å². The van der Waals surface area contributed by atoms with Gasteiger partial charge in [-0.25, -0.2) is 8.78 Å². The molecular formula is C20H22F2N2O3. The molecule has 0 saturated heterocycles. The van der Waals surface area contributed by atoms with Crippen LogP contribution in [0.1, 0.15) is 53.6 Å². The van der Waals surface area contributed by atoms with Gasteiger partial charge in [0.2, 0.25) is 11.6 Å². The number of halogens is 2. The zero-order valence-corrected chi connectivity index (χ0v) is 15.9. The van der Waals surface area contributed by atoms with E-state index in [2.05, 4.69) is 5.32 Å². The summed E-state index contributed by atoms with van der Waals surface area (Å²) in [5, 5.41) is 2.46. The van der Waals surface area contributed by atoms with Crippen LogP contribution in [0.25, 0.3) is 0 Å². The monoisotopic (exact) mass is 376 g/mol. The van der Waals surface area contributed by atoms with E-state index in [1.165, 1.54) is 16.8 Å². The van der Waals surface area contributed by atoms with Gasteiger partial charge in [-0.1, -0.05) is 20.8 Å². The molecule has 0 aliphatic heterocycles. The van der Waals surface area contributed by atoms with Crippen LogP contribution in [0.3, 0.4) is 0 Å². The van der Waals surface area contributed by atoms with Gasteiger partial charge in [-0.2, -0.15) is 0 Å². The van der Waals surface area contributed by atoms with E-state index in [4.69, 9.17) is 0 Å². The number of amides is 1. The molecule has 0 atom stereocenters. The maximum atomic E-state index is 13.3. The number of aryl methyl sites for hydroxylation is 1. The average Bonchev–Trinajstić information content (AvgIpc) is 2.83. The molecule has 0 saturated carbocycles. The highest BCUT2D eigenvalue weighted by atomic mass is 19.2. The number of nitrogens with one attached hydrogen (secondary N) is 1. The number of hydrogen-bond donors (Lipinski definition) is 1. The van der Waals surface area contributed by atoms with Gasteiger partial charge in [-0.05, 0) is 30.0 Å². The summed E-state index contributed by atoms with van der Waals surface area (Å²) in [5.41, 5.74) is 0.414. The number of ketones is 2. The number of aromatic nitrogens is 1. The molecule has 1 amide bonds. The highest BCUT2D eigenvalue weighted by molar-refractivity contribution is 6.44. The van der Waals surface area contributed by atoms with Crippen LogP contribution in [0.15, 0.2) is 24.4 Å². The number of rotatable bonds is 5. The van der Waals surface area contributed by atoms with E-state index in [-0.39, 0.29) is 28.8 Å². The fourth-order valence-electron chi connectivity index (χ4n) is 2.78. The lowest BCUT2D eigenvalue weighted by molar-refractivity contribution is -0.116. The lowest BCUT2D eigenvalue weighted by Gasteiger charge is -2.15. The molecule has 5 nitrogen and oxygen atoms in total. The first-order valence-electron chi connectivity index (χ1n) is 8.40. The van der Waals surface area contributed by atoms with Gasteiger partial charge in [0, 0.05) is 37.0 Å². The molecule has 0 fully saturated rings. The Hall–Kier alpha value is -2.83. The van der Waals surface area contributed by atoms with Gasteiger partial charge in [-0.15, -0.1) is 0 Å². The van der Waals surface area contributed by atoms with Crippen molar-refractivity contribution < 1.29 is 23.2 Å². The molecule has 1 N–H and O–H groups in total. The zero-order chi connectivity index (χ0) is 20.5. The van der Waals surface area contributed by atoms with Gasteiger partial charge in [0.1, 0.15) is 5.69 Å². The Bertz CT molecular complexity index is 924. The second kappa shape index (κ2) is 7.42. The van der Waals surface area contributed by atoms with Crippen molar-refractivity contribution in [2.75, 3.05) is 5.32 Å². The zero-order valence-electron chi connectivity index (χ0n) is 15.9. The van der Waals surface area contributed by atoms with Crippen molar-refractivity contribution in [1.82, 2.24) is 4.57 Å². The van der Waals surface area contributed by atoms with Crippen molar-refractivity contribution in [2.24, 2.45) is 12.5 Å². The second-order valence-electron chi connectivity index (χ2n) is 7.70. The highest BCUT2D eigenvalue weighted by Crippen LogP contribution is 2.23. The Morgan fingerprint density at radius 1 is 1.11 bits per heavy atom. The number of benzene rings is 1. The molecule has 0 spiro atoms. The third kappa shape index (κ3) is 4.67. The maximum absolute atomic E-state index is 13.3. The molecule has 7 heteroatoms. The number of carbonyl (C=O) groups excluding carboxylic acids is 3. The predicted octanol–water partition coefficient (Wildman–Crippen LogP) is 4.05. The molecule has 1 heterocycles. The number of carbonyl (C=O) groups is 3. The van der Waals surface area contributed by atoms with Gasteiger partial charge in [0.25, 0.3) is 5.91 Å². The summed E-state index contributed by atoms with van der Waals surface area (Å²) in [6, 6.07) is 3.00. The van der Waals surface area contributed by atoms with Crippen molar-refractivity contribution in [2.45, 2.75) is 34.1 Å². The Kier molecular flexibility index (Phi) is 5.63. The molecule has 0 radical (unpaired) electrons. The van der Waals surface area contributed by atoms with Crippen molar-refractivity contribution in [1.29, 1.82) is 0 Å². The van der Waals surface area contributed by atoms with Crippen LogP contribution in [0.4, 0.5) is 14.5 Å². The quantitative estimate of drug-likeness (QED) is 0.632. The summed E-state index contributed by atoms with van der Waals surface area (Å²) < 4.78 is 27.8. The third-order valence-corrected chi connectivity index (χ3v) is 4.02. The minimum absolute atomic E-state index is 0.0798.